The summed E-state index contributed by atoms with van der Waals surface area (Å²) >= 11 is 7.23. The highest BCUT2D eigenvalue weighted by molar-refractivity contribution is 7.98. The number of halogens is 3. The van der Waals surface area contributed by atoms with Crippen LogP contribution < -0.4 is 10.9 Å². The standard InChI is InChI=1S/C21H16ClF2N3O2S/c1-27-19-18(15(9-17(28)25-19)14-7-6-13(23)8-16(14)24)20(29)26-21(27)30-10-11-2-4-12(22)5-3-11/h2-8,15H,9-10H2,1H3,(H,25,28)/t15-/m1/s1. The summed E-state index contributed by atoms with van der Waals surface area (Å²) in [6.07, 6.45) is -0.121. The fourth-order valence-corrected chi connectivity index (χ4v) is 4.49. The predicted octanol–water partition coefficient (Wildman–Crippen LogP) is 4.48. The SMILES string of the molecule is Cn1c(SCc2ccc(Cl)cc2)nc(=O)c2c1NC(=O)C[C@@H]2c1ccc(F)cc1F. The van der Waals surface area contributed by atoms with E-state index in [0.717, 1.165) is 17.7 Å². The minimum Gasteiger partial charge on any atom is -0.312 e. The Morgan fingerprint density at radius 3 is 2.63 bits per heavy atom. The molecule has 0 radical (unpaired) electrons. The summed E-state index contributed by atoms with van der Waals surface area (Å²) in [5, 5.41) is 3.74. The maximum Gasteiger partial charge on any atom is 0.279 e. The molecule has 0 spiro atoms. The van der Waals surface area contributed by atoms with Crippen LogP contribution >= 0.6 is 23.4 Å². The smallest absolute Gasteiger partial charge is 0.279 e. The van der Waals surface area contributed by atoms with Gasteiger partial charge in [0.25, 0.3) is 5.56 Å². The molecule has 0 fully saturated rings. The number of carbonyl (C=O) groups excluding carboxylic acids is 1. The molecule has 5 nitrogen and oxygen atoms in total. The molecular weight excluding hydrogens is 432 g/mol. The van der Waals surface area contributed by atoms with Crippen molar-refractivity contribution >= 4 is 35.1 Å². The van der Waals surface area contributed by atoms with E-state index in [2.05, 4.69) is 10.3 Å². The molecule has 1 aliphatic heterocycles. The van der Waals surface area contributed by atoms with Gasteiger partial charge in [-0.15, -0.1) is 0 Å². The van der Waals surface area contributed by atoms with Crippen LogP contribution in [0.4, 0.5) is 14.6 Å². The number of nitrogens with one attached hydrogen (secondary N) is 1. The first-order chi connectivity index (χ1) is 14.3. The van der Waals surface area contributed by atoms with Crippen molar-refractivity contribution in [3.63, 3.8) is 0 Å². The van der Waals surface area contributed by atoms with Crippen LogP contribution in [0.3, 0.4) is 0 Å². The average Bonchev–Trinajstić information content (AvgIpc) is 2.70. The number of anilines is 1. The number of amides is 1. The van der Waals surface area contributed by atoms with Crippen LogP contribution in [-0.4, -0.2) is 15.5 Å². The second-order valence-electron chi connectivity index (χ2n) is 6.91. The Labute approximate surface area is 180 Å². The Morgan fingerprint density at radius 2 is 1.93 bits per heavy atom. The fraction of sp³-hybridized carbons (Fsp3) is 0.190. The largest absolute Gasteiger partial charge is 0.312 e. The lowest BCUT2D eigenvalue weighted by molar-refractivity contribution is -0.116. The molecule has 2 heterocycles. The van der Waals surface area contributed by atoms with Gasteiger partial charge in [-0.2, -0.15) is 4.98 Å². The summed E-state index contributed by atoms with van der Waals surface area (Å²) in [7, 11) is 1.68. The van der Waals surface area contributed by atoms with Gasteiger partial charge < -0.3 is 9.88 Å². The van der Waals surface area contributed by atoms with Crippen molar-refractivity contribution in [3.8, 4) is 0 Å². The molecule has 154 valence electrons. The van der Waals surface area contributed by atoms with E-state index in [1.807, 2.05) is 12.1 Å². The maximum atomic E-state index is 14.4. The number of fused-ring (bicyclic) bond motifs is 1. The van der Waals surface area contributed by atoms with Crippen LogP contribution in [0.15, 0.2) is 52.4 Å². The molecule has 0 saturated carbocycles. The van der Waals surface area contributed by atoms with Gasteiger partial charge in [-0.1, -0.05) is 41.6 Å². The lowest BCUT2D eigenvalue weighted by Crippen LogP contribution is -2.33. The first-order valence-corrected chi connectivity index (χ1v) is 10.4. The topological polar surface area (TPSA) is 64.0 Å². The second-order valence-corrected chi connectivity index (χ2v) is 8.29. The quantitative estimate of drug-likeness (QED) is 0.473. The molecular formula is C21H16ClF2N3O2S. The number of hydrogen-bond acceptors (Lipinski definition) is 4. The predicted molar refractivity (Wildman–Crippen MR) is 112 cm³/mol. The Balaban J connectivity index is 1.72. The lowest BCUT2D eigenvalue weighted by Gasteiger charge is -2.27. The van der Waals surface area contributed by atoms with Gasteiger partial charge in [0.2, 0.25) is 5.91 Å². The van der Waals surface area contributed by atoms with Crippen molar-refractivity contribution in [2.45, 2.75) is 23.2 Å². The minimum atomic E-state index is -0.837. The monoisotopic (exact) mass is 447 g/mol. The molecule has 1 aromatic heterocycles. The van der Waals surface area contributed by atoms with Crippen molar-refractivity contribution in [1.29, 1.82) is 0 Å². The summed E-state index contributed by atoms with van der Waals surface area (Å²) in [5.74, 6) is -1.90. The van der Waals surface area contributed by atoms with Crippen LogP contribution in [0.1, 0.15) is 29.0 Å². The van der Waals surface area contributed by atoms with Crippen LogP contribution in [0, 0.1) is 11.6 Å². The molecule has 4 rings (SSSR count). The molecule has 9 heteroatoms. The number of thioether (sulfide) groups is 1. The normalized spacial score (nSPS) is 15.6. The second kappa shape index (κ2) is 8.20. The fourth-order valence-electron chi connectivity index (χ4n) is 3.44. The molecule has 1 amide bonds. The number of hydrogen-bond donors (Lipinski definition) is 1. The average molecular weight is 448 g/mol. The molecule has 1 aliphatic rings. The van der Waals surface area contributed by atoms with Crippen molar-refractivity contribution in [2.24, 2.45) is 7.05 Å². The first kappa shape index (κ1) is 20.6. The summed E-state index contributed by atoms with van der Waals surface area (Å²) in [6, 6.07) is 10.4. The van der Waals surface area contributed by atoms with Crippen LogP contribution in [0.25, 0.3) is 0 Å². The van der Waals surface area contributed by atoms with Gasteiger partial charge in [-0.3, -0.25) is 9.59 Å². The van der Waals surface area contributed by atoms with E-state index in [-0.39, 0.29) is 29.3 Å². The molecule has 0 bridgehead atoms. The molecule has 3 aromatic rings. The van der Waals surface area contributed by atoms with E-state index in [1.165, 1.54) is 17.8 Å². The third-order valence-corrected chi connectivity index (χ3v) is 6.27. The molecule has 0 unspecified atom stereocenters. The van der Waals surface area contributed by atoms with E-state index < -0.39 is 23.1 Å². The van der Waals surface area contributed by atoms with Crippen molar-refractivity contribution in [3.05, 3.63) is 86.2 Å². The first-order valence-electron chi connectivity index (χ1n) is 9.06. The van der Waals surface area contributed by atoms with E-state index >= 15 is 0 Å². The van der Waals surface area contributed by atoms with Gasteiger partial charge >= 0.3 is 0 Å². The molecule has 0 saturated heterocycles. The van der Waals surface area contributed by atoms with Crippen molar-refractivity contribution in [1.82, 2.24) is 9.55 Å². The summed E-state index contributed by atoms with van der Waals surface area (Å²) < 4.78 is 29.3. The van der Waals surface area contributed by atoms with Crippen molar-refractivity contribution in [2.75, 3.05) is 5.32 Å². The molecule has 1 atom stereocenters. The molecule has 1 N–H and O–H groups in total. The van der Waals surface area contributed by atoms with Crippen molar-refractivity contribution < 1.29 is 13.6 Å². The van der Waals surface area contributed by atoms with Gasteiger partial charge in [0.15, 0.2) is 5.16 Å². The third-order valence-electron chi connectivity index (χ3n) is 4.92. The number of benzene rings is 2. The minimum absolute atomic E-state index is 0.0907. The zero-order chi connectivity index (χ0) is 21.4. The van der Waals surface area contributed by atoms with E-state index in [1.54, 1.807) is 23.7 Å². The molecule has 0 aliphatic carbocycles. The number of aromatic nitrogens is 2. The Hall–Kier alpha value is -2.71. The number of carbonyl (C=O) groups is 1. The van der Waals surface area contributed by atoms with E-state index in [4.69, 9.17) is 11.6 Å². The summed E-state index contributed by atoms with van der Waals surface area (Å²) in [5.41, 5.74) is 0.730. The zero-order valence-corrected chi connectivity index (χ0v) is 17.4. The highest BCUT2D eigenvalue weighted by Crippen LogP contribution is 2.37. The molecule has 30 heavy (non-hydrogen) atoms. The van der Waals surface area contributed by atoms with Gasteiger partial charge in [0, 0.05) is 36.2 Å². The third kappa shape index (κ3) is 3.97. The van der Waals surface area contributed by atoms with E-state index in [0.29, 0.717) is 15.9 Å². The van der Waals surface area contributed by atoms with Gasteiger partial charge in [0.1, 0.15) is 17.5 Å². The highest BCUT2D eigenvalue weighted by Gasteiger charge is 2.33. The maximum absolute atomic E-state index is 14.4. The van der Waals surface area contributed by atoms with Gasteiger partial charge in [-0.05, 0) is 29.3 Å². The summed E-state index contributed by atoms with van der Waals surface area (Å²) in [4.78, 5) is 29.3. The highest BCUT2D eigenvalue weighted by atomic mass is 35.5. The summed E-state index contributed by atoms with van der Waals surface area (Å²) in [6.45, 7) is 0. The Morgan fingerprint density at radius 1 is 1.20 bits per heavy atom. The molecule has 2 aromatic carbocycles. The Kier molecular flexibility index (Phi) is 5.62. The zero-order valence-electron chi connectivity index (χ0n) is 15.8. The van der Waals surface area contributed by atoms with E-state index in [9.17, 15) is 18.4 Å². The van der Waals surface area contributed by atoms with Gasteiger partial charge in [0.05, 0.1) is 5.56 Å². The van der Waals surface area contributed by atoms with Gasteiger partial charge in [-0.25, -0.2) is 8.78 Å². The lowest BCUT2D eigenvalue weighted by atomic mass is 9.86. The van der Waals surface area contributed by atoms with Crippen LogP contribution in [-0.2, 0) is 17.6 Å². The number of nitrogens with zero attached hydrogens (tertiary/aromatic N) is 2. The van der Waals surface area contributed by atoms with Crippen LogP contribution in [0.2, 0.25) is 5.02 Å². The Bertz CT molecular complexity index is 1200. The number of rotatable bonds is 4. The van der Waals surface area contributed by atoms with Crippen LogP contribution in [0.5, 0.6) is 0 Å².